The van der Waals surface area contributed by atoms with Gasteiger partial charge < -0.3 is 10.6 Å². The fraction of sp³-hybridized carbons (Fsp3) is 0.733. The van der Waals surface area contributed by atoms with E-state index >= 15 is 0 Å². The van der Waals surface area contributed by atoms with E-state index in [9.17, 15) is 0 Å². The molecular weight excluding hydrogens is 236 g/mol. The minimum absolute atomic E-state index is 0.0636. The van der Waals surface area contributed by atoms with Crippen molar-refractivity contribution < 1.29 is 0 Å². The van der Waals surface area contributed by atoms with E-state index in [4.69, 9.17) is 10.7 Å². The quantitative estimate of drug-likeness (QED) is 0.890. The first-order chi connectivity index (χ1) is 8.90. The van der Waals surface area contributed by atoms with Gasteiger partial charge in [0.05, 0.1) is 0 Å². The molecule has 0 aliphatic carbocycles. The number of nitrogens with two attached hydrogens (primary N) is 1. The summed E-state index contributed by atoms with van der Waals surface area (Å²) in [6, 6.07) is 1.90. The van der Waals surface area contributed by atoms with E-state index in [-0.39, 0.29) is 5.41 Å². The van der Waals surface area contributed by atoms with Crippen LogP contribution in [0.2, 0.25) is 0 Å². The lowest BCUT2D eigenvalue weighted by Gasteiger charge is -2.33. The van der Waals surface area contributed by atoms with E-state index in [0.29, 0.717) is 5.82 Å². The van der Waals surface area contributed by atoms with Crippen LogP contribution in [0.5, 0.6) is 0 Å². The van der Waals surface area contributed by atoms with Crippen molar-refractivity contribution in [1.29, 1.82) is 0 Å². The molecule has 0 atom stereocenters. The molecular formula is C15H26N4. The number of anilines is 2. The molecule has 2 heterocycles. The summed E-state index contributed by atoms with van der Waals surface area (Å²) in [5, 5.41) is 0. The standard InChI is InChI=1S/C15H26N4/c1-5-11-6-8-19(9-7-11)13-10-12(16)17-14(18-13)15(2,3)4/h10-11H,5-9H2,1-4H3,(H2,16,17,18). The molecule has 1 aliphatic heterocycles. The van der Waals surface area contributed by atoms with Gasteiger partial charge in [-0.25, -0.2) is 9.97 Å². The summed E-state index contributed by atoms with van der Waals surface area (Å²) in [6.45, 7) is 10.8. The van der Waals surface area contributed by atoms with Crippen LogP contribution in [0.25, 0.3) is 0 Å². The van der Waals surface area contributed by atoms with Gasteiger partial charge in [0.15, 0.2) is 0 Å². The Bertz CT molecular complexity index is 428. The molecule has 0 saturated carbocycles. The summed E-state index contributed by atoms with van der Waals surface area (Å²) < 4.78 is 0. The normalized spacial score (nSPS) is 17.8. The van der Waals surface area contributed by atoms with Crippen LogP contribution < -0.4 is 10.6 Å². The van der Waals surface area contributed by atoms with Gasteiger partial charge in [-0.2, -0.15) is 0 Å². The molecule has 0 aromatic carbocycles. The average molecular weight is 262 g/mol. The van der Waals surface area contributed by atoms with Crippen molar-refractivity contribution in [2.75, 3.05) is 23.7 Å². The van der Waals surface area contributed by atoms with E-state index < -0.39 is 0 Å². The van der Waals surface area contributed by atoms with Gasteiger partial charge in [-0.05, 0) is 18.8 Å². The maximum absolute atomic E-state index is 5.94. The van der Waals surface area contributed by atoms with Crippen molar-refractivity contribution in [1.82, 2.24) is 9.97 Å². The summed E-state index contributed by atoms with van der Waals surface area (Å²) in [7, 11) is 0. The van der Waals surface area contributed by atoms with Crippen molar-refractivity contribution in [2.45, 2.75) is 52.4 Å². The molecule has 19 heavy (non-hydrogen) atoms. The van der Waals surface area contributed by atoms with Gasteiger partial charge in [-0.3, -0.25) is 0 Å². The van der Waals surface area contributed by atoms with Crippen molar-refractivity contribution >= 4 is 11.6 Å². The van der Waals surface area contributed by atoms with Gasteiger partial charge in [-0.1, -0.05) is 34.1 Å². The molecule has 0 amide bonds. The monoisotopic (exact) mass is 262 g/mol. The van der Waals surface area contributed by atoms with Crippen LogP contribution in [0, 0.1) is 5.92 Å². The molecule has 1 fully saturated rings. The molecule has 0 radical (unpaired) electrons. The Balaban J connectivity index is 2.19. The number of hydrogen-bond donors (Lipinski definition) is 1. The highest BCUT2D eigenvalue weighted by Gasteiger charge is 2.23. The number of piperidine rings is 1. The van der Waals surface area contributed by atoms with E-state index in [0.717, 1.165) is 30.6 Å². The molecule has 1 aromatic rings. The Hall–Kier alpha value is -1.32. The molecule has 1 aliphatic rings. The van der Waals surface area contributed by atoms with Crippen LogP contribution in [-0.4, -0.2) is 23.1 Å². The Morgan fingerprint density at radius 1 is 1.26 bits per heavy atom. The van der Waals surface area contributed by atoms with Crippen molar-refractivity contribution in [2.24, 2.45) is 5.92 Å². The highest BCUT2D eigenvalue weighted by molar-refractivity contribution is 5.47. The molecule has 2 rings (SSSR count). The maximum Gasteiger partial charge on any atom is 0.138 e. The van der Waals surface area contributed by atoms with Crippen molar-refractivity contribution in [3.8, 4) is 0 Å². The first-order valence-corrected chi connectivity index (χ1v) is 7.30. The molecule has 4 heteroatoms. The third kappa shape index (κ3) is 3.37. The first-order valence-electron chi connectivity index (χ1n) is 7.30. The minimum Gasteiger partial charge on any atom is -0.384 e. The molecule has 1 aromatic heterocycles. The fourth-order valence-corrected chi connectivity index (χ4v) is 2.52. The minimum atomic E-state index is -0.0636. The summed E-state index contributed by atoms with van der Waals surface area (Å²) in [4.78, 5) is 11.4. The highest BCUT2D eigenvalue weighted by Crippen LogP contribution is 2.27. The Kier molecular flexibility index (Phi) is 3.97. The number of rotatable bonds is 2. The van der Waals surface area contributed by atoms with Crippen molar-refractivity contribution in [3.05, 3.63) is 11.9 Å². The van der Waals surface area contributed by atoms with Crippen LogP contribution in [-0.2, 0) is 5.41 Å². The Morgan fingerprint density at radius 2 is 1.89 bits per heavy atom. The third-order valence-electron chi connectivity index (χ3n) is 3.92. The maximum atomic E-state index is 5.94. The van der Waals surface area contributed by atoms with Crippen molar-refractivity contribution in [3.63, 3.8) is 0 Å². The third-order valence-corrected chi connectivity index (χ3v) is 3.92. The zero-order valence-corrected chi connectivity index (χ0v) is 12.6. The lowest BCUT2D eigenvalue weighted by molar-refractivity contribution is 0.393. The van der Waals surface area contributed by atoms with E-state index in [2.05, 4.69) is 37.6 Å². The highest BCUT2D eigenvalue weighted by atomic mass is 15.2. The second-order valence-electron chi connectivity index (χ2n) is 6.56. The second-order valence-corrected chi connectivity index (χ2v) is 6.56. The molecule has 4 nitrogen and oxygen atoms in total. The predicted molar refractivity (Wildman–Crippen MR) is 80.4 cm³/mol. The Morgan fingerprint density at radius 3 is 2.42 bits per heavy atom. The zero-order chi connectivity index (χ0) is 14.0. The number of nitrogens with zero attached hydrogens (tertiary/aromatic N) is 3. The molecule has 106 valence electrons. The topological polar surface area (TPSA) is 55.0 Å². The SMILES string of the molecule is CCC1CCN(c2cc(N)nc(C(C)(C)C)n2)CC1. The van der Waals surface area contributed by atoms with Crippen LogP contribution in [0.4, 0.5) is 11.6 Å². The zero-order valence-electron chi connectivity index (χ0n) is 12.6. The summed E-state index contributed by atoms with van der Waals surface area (Å²) >= 11 is 0. The van der Waals surface area contributed by atoms with Gasteiger partial charge in [0, 0.05) is 24.6 Å². The lowest BCUT2D eigenvalue weighted by Crippen LogP contribution is -2.34. The van der Waals surface area contributed by atoms with Gasteiger partial charge >= 0.3 is 0 Å². The molecule has 0 bridgehead atoms. The van der Waals surface area contributed by atoms with Crippen LogP contribution >= 0.6 is 0 Å². The van der Waals surface area contributed by atoms with Crippen LogP contribution in [0.3, 0.4) is 0 Å². The number of hydrogen-bond acceptors (Lipinski definition) is 4. The number of aromatic nitrogens is 2. The number of nitrogen functional groups attached to an aromatic ring is 1. The first kappa shape index (κ1) is 14.1. The molecule has 1 saturated heterocycles. The molecule has 2 N–H and O–H groups in total. The summed E-state index contributed by atoms with van der Waals surface area (Å²) in [5.41, 5.74) is 5.87. The largest absolute Gasteiger partial charge is 0.384 e. The smallest absolute Gasteiger partial charge is 0.138 e. The van der Waals surface area contributed by atoms with E-state index in [1.807, 2.05) is 6.07 Å². The summed E-state index contributed by atoms with van der Waals surface area (Å²) in [5.74, 6) is 3.28. The Labute approximate surface area is 116 Å². The van der Waals surface area contributed by atoms with Crippen LogP contribution in [0.1, 0.15) is 52.8 Å². The van der Waals surface area contributed by atoms with Gasteiger partial charge in [0.25, 0.3) is 0 Å². The lowest BCUT2D eigenvalue weighted by atomic mass is 9.94. The van der Waals surface area contributed by atoms with Gasteiger partial charge in [0.2, 0.25) is 0 Å². The molecule has 0 spiro atoms. The predicted octanol–water partition coefficient (Wildman–Crippen LogP) is 2.98. The van der Waals surface area contributed by atoms with E-state index in [1.54, 1.807) is 0 Å². The molecule has 0 unspecified atom stereocenters. The van der Waals surface area contributed by atoms with E-state index in [1.165, 1.54) is 19.3 Å². The average Bonchev–Trinajstić information content (AvgIpc) is 2.37. The summed E-state index contributed by atoms with van der Waals surface area (Å²) in [6.07, 6.45) is 3.80. The fourth-order valence-electron chi connectivity index (χ4n) is 2.52. The second kappa shape index (κ2) is 5.35. The van der Waals surface area contributed by atoms with Gasteiger partial charge in [-0.15, -0.1) is 0 Å². The van der Waals surface area contributed by atoms with Crippen LogP contribution in [0.15, 0.2) is 6.07 Å². The van der Waals surface area contributed by atoms with Gasteiger partial charge in [0.1, 0.15) is 17.5 Å².